The van der Waals surface area contributed by atoms with Gasteiger partial charge in [0.2, 0.25) is 0 Å². The van der Waals surface area contributed by atoms with Crippen LogP contribution in [0.3, 0.4) is 0 Å². The van der Waals surface area contributed by atoms with Crippen molar-refractivity contribution in [3.8, 4) is 10.6 Å². The lowest BCUT2D eigenvalue weighted by Crippen LogP contribution is -2.15. The molecular weight excluding hydrogens is 426 g/mol. The molecule has 0 aliphatic carbocycles. The van der Waals surface area contributed by atoms with Gasteiger partial charge in [-0.25, -0.2) is 13.8 Å². The molecule has 2 aromatic carbocycles. The molecule has 0 bridgehead atoms. The highest BCUT2D eigenvalue weighted by atomic mass is 32.1. The number of aromatic nitrogens is 2. The first kappa shape index (κ1) is 20.1. The molecule has 0 saturated heterocycles. The Morgan fingerprint density at radius 1 is 1.06 bits per heavy atom. The summed E-state index contributed by atoms with van der Waals surface area (Å²) in [6.07, 6.45) is 0. The van der Waals surface area contributed by atoms with Gasteiger partial charge < -0.3 is 4.74 Å². The molecular formula is C23H19N5O3S. The molecule has 1 N–H and O–H groups in total. The first-order valence-electron chi connectivity index (χ1n) is 10.1. The highest BCUT2D eigenvalue weighted by Crippen LogP contribution is 2.36. The van der Waals surface area contributed by atoms with E-state index in [-0.39, 0.29) is 28.1 Å². The van der Waals surface area contributed by atoms with Gasteiger partial charge >= 0.3 is 5.97 Å². The highest BCUT2D eigenvalue weighted by molar-refractivity contribution is 7.13. The number of rotatable bonds is 4. The molecule has 8 nitrogen and oxygen atoms in total. The van der Waals surface area contributed by atoms with Crippen molar-refractivity contribution in [2.24, 2.45) is 10.2 Å². The number of benzene rings is 2. The summed E-state index contributed by atoms with van der Waals surface area (Å²) in [6, 6.07) is 13.6. The zero-order valence-corrected chi connectivity index (χ0v) is 18.5. The molecule has 160 valence electrons. The van der Waals surface area contributed by atoms with Crippen LogP contribution < -0.4 is 10.2 Å². The average molecular weight is 446 g/mol. The molecule has 3 heterocycles. The van der Waals surface area contributed by atoms with Gasteiger partial charge in [0.15, 0.2) is 5.69 Å². The number of carbonyl (C=O) groups is 1. The number of nitrogens with one attached hydrogen (secondary N) is 1. The summed E-state index contributed by atoms with van der Waals surface area (Å²) >= 11 is 1.16. The van der Waals surface area contributed by atoms with Gasteiger partial charge in [-0.05, 0) is 32.2 Å². The molecule has 2 aliphatic heterocycles. The minimum absolute atomic E-state index is 0.110. The molecule has 0 amide bonds. The second-order valence-electron chi connectivity index (χ2n) is 7.35. The lowest BCUT2D eigenvalue weighted by molar-refractivity contribution is 0.0525. The van der Waals surface area contributed by atoms with Crippen LogP contribution >= 0.6 is 11.3 Å². The predicted molar refractivity (Wildman–Crippen MR) is 122 cm³/mol. The maximum absolute atomic E-state index is 13.2. The Balaban J connectivity index is 1.73. The third-order valence-corrected chi connectivity index (χ3v) is 6.60. The van der Waals surface area contributed by atoms with Gasteiger partial charge in [0.05, 0.1) is 28.6 Å². The van der Waals surface area contributed by atoms with Crippen LogP contribution in [-0.2, 0) is 4.74 Å². The Morgan fingerprint density at radius 2 is 1.81 bits per heavy atom. The lowest BCUT2D eigenvalue weighted by Gasteiger charge is -2.02. The fourth-order valence-corrected chi connectivity index (χ4v) is 5.04. The fourth-order valence-electron chi connectivity index (χ4n) is 4.04. The molecule has 2 aliphatic rings. The molecule has 0 radical (unpaired) electrons. The van der Waals surface area contributed by atoms with Crippen molar-refractivity contribution in [1.82, 2.24) is 9.03 Å². The number of aryl methyl sites for hydroxylation is 2. The van der Waals surface area contributed by atoms with Crippen molar-refractivity contribution in [3.05, 3.63) is 74.4 Å². The summed E-state index contributed by atoms with van der Waals surface area (Å²) in [5, 5.41) is 18.9. The van der Waals surface area contributed by atoms with Gasteiger partial charge in [-0.3, -0.25) is 10.2 Å². The van der Waals surface area contributed by atoms with E-state index in [1.165, 1.54) is 4.52 Å². The summed E-state index contributed by atoms with van der Waals surface area (Å²) < 4.78 is 8.40. The maximum atomic E-state index is 13.2. The molecule has 9 heteroatoms. The molecule has 0 atom stereocenters. The number of fused-ring (bicyclic) bond motifs is 4. The van der Waals surface area contributed by atoms with Crippen molar-refractivity contribution in [2.75, 3.05) is 6.61 Å². The number of carbonyl (C=O) groups excluding carboxylic acids is 1. The Labute approximate surface area is 186 Å². The summed E-state index contributed by atoms with van der Waals surface area (Å²) in [5.74, 6) is -0.573. The number of azo groups is 1. The van der Waals surface area contributed by atoms with E-state index in [2.05, 4.69) is 10.2 Å². The van der Waals surface area contributed by atoms with E-state index in [4.69, 9.17) is 10.1 Å². The van der Waals surface area contributed by atoms with Crippen molar-refractivity contribution < 1.29 is 9.53 Å². The molecule has 0 spiro atoms. The standard InChI is InChI=1S/C23H19N5O3S/c1-4-31-23(30)17-19-20(32-21(17)24)13(3)28-22(29)18(12(2)27(19)28)26-25-16-11-7-9-14-8-5-6-10-15(14)16/h5-11,24H,4H2,1-3H3. The van der Waals surface area contributed by atoms with Gasteiger partial charge in [-0.1, -0.05) is 36.4 Å². The van der Waals surface area contributed by atoms with E-state index >= 15 is 0 Å². The number of nitrogens with zero attached hydrogens (tertiary/aromatic N) is 4. The minimum atomic E-state index is -0.573. The Morgan fingerprint density at radius 3 is 2.59 bits per heavy atom. The number of thiophene rings is 1. The summed E-state index contributed by atoms with van der Waals surface area (Å²) in [4.78, 5) is 26.5. The SMILES string of the molecule is CCOC(=O)c1c2n3c(C)c(N=Nc4cccc5ccccc45)c(=O)n3c(C)c-2sc1=N. The number of ether oxygens (including phenoxy) is 1. The minimum Gasteiger partial charge on any atom is -0.462 e. The van der Waals surface area contributed by atoms with E-state index in [0.717, 1.165) is 22.1 Å². The van der Waals surface area contributed by atoms with Crippen LogP contribution in [0.4, 0.5) is 11.4 Å². The van der Waals surface area contributed by atoms with E-state index in [0.29, 0.717) is 27.6 Å². The van der Waals surface area contributed by atoms with Crippen LogP contribution in [0.2, 0.25) is 0 Å². The largest absolute Gasteiger partial charge is 0.462 e. The monoisotopic (exact) mass is 445 g/mol. The average Bonchev–Trinajstić information content (AvgIpc) is 3.35. The van der Waals surface area contributed by atoms with E-state index in [1.54, 1.807) is 25.3 Å². The van der Waals surface area contributed by atoms with E-state index in [9.17, 15) is 9.59 Å². The zero-order valence-electron chi connectivity index (χ0n) is 17.7. The molecule has 5 rings (SSSR count). The Hall–Kier alpha value is -3.85. The zero-order chi connectivity index (χ0) is 22.6. The third-order valence-electron chi connectivity index (χ3n) is 5.50. The van der Waals surface area contributed by atoms with E-state index < -0.39 is 5.97 Å². The van der Waals surface area contributed by atoms with Gasteiger partial charge in [0, 0.05) is 5.39 Å². The Kier molecular flexibility index (Phi) is 4.63. The Bertz CT molecular complexity index is 1620. The molecule has 32 heavy (non-hydrogen) atoms. The quantitative estimate of drug-likeness (QED) is 0.316. The first-order chi connectivity index (χ1) is 15.4. The second-order valence-corrected chi connectivity index (χ2v) is 8.37. The topological polar surface area (TPSA) is 101 Å². The van der Waals surface area contributed by atoms with Gasteiger partial charge in [-0.15, -0.1) is 21.6 Å². The molecule has 0 unspecified atom stereocenters. The molecule has 1 aromatic heterocycles. The predicted octanol–water partition coefficient (Wildman–Crippen LogP) is 4.84. The molecule has 3 aromatic rings. The van der Waals surface area contributed by atoms with Crippen molar-refractivity contribution >= 4 is 39.5 Å². The fraction of sp³-hybridized carbons (Fsp3) is 0.174. The number of hydrogen-bond donors (Lipinski definition) is 1. The van der Waals surface area contributed by atoms with E-state index in [1.807, 2.05) is 42.5 Å². The summed E-state index contributed by atoms with van der Waals surface area (Å²) in [5.41, 5.74) is 2.37. The van der Waals surface area contributed by atoms with Crippen molar-refractivity contribution in [3.63, 3.8) is 0 Å². The summed E-state index contributed by atoms with van der Waals surface area (Å²) in [7, 11) is 0. The summed E-state index contributed by atoms with van der Waals surface area (Å²) in [6.45, 7) is 5.47. The lowest BCUT2D eigenvalue weighted by atomic mass is 10.1. The first-order valence-corrected chi connectivity index (χ1v) is 10.9. The van der Waals surface area contributed by atoms with Crippen LogP contribution in [0.25, 0.3) is 21.3 Å². The number of esters is 1. The third kappa shape index (κ3) is 2.78. The molecule has 0 fully saturated rings. The molecule has 0 saturated carbocycles. The van der Waals surface area contributed by atoms with Crippen LogP contribution in [-0.4, -0.2) is 21.6 Å². The smallest absolute Gasteiger partial charge is 0.343 e. The highest BCUT2D eigenvalue weighted by Gasteiger charge is 2.31. The van der Waals surface area contributed by atoms with Crippen LogP contribution in [0.5, 0.6) is 0 Å². The van der Waals surface area contributed by atoms with Crippen molar-refractivity contribution in [2.45, 2.75) is 20.8 Å². The van der Waals surface area contributed by atoms with Crippen LogP contribution in [0.1, 0.15) is 28.7 Å². The normalized spacial score (nSPS) is 12.0. The van der Waals surface area contributed by atoms with Crippen LogP contribution in [0, 0.1) is 19.3 Å². The van der Waals surface area contributed by atoms with Gasteiger partial charge in [0.25, 0.3) is 5.56 Å². The second kappa shape index (κ2) is 7.38. The van der Waals surface area contributed by atoms with Crippen LogP contribution in [0.15, 0.2) is 57.5 Å². The maximum Gasteiger partial charge on any atom is 0.343 e. The van der Waals surface area contributed by atoms with Crippen molar-refractivity contribution in [1.29, 1.82) is 5.41 Å². The number of hydrogen-bond acceptors (Lipinski definition) is 7. The van der Waals surface area contributed by atoms with Gasteiger partial charge in [0.1, 0.15) is 15.9 Å². The van der Waals surface area contributed by atoms with Gasteiger partial charge in [-0.2, -0.15) is 0 Å².